The number of ether oxygens (including phenoxy) is 1. The summed E-state index contributed by atoms with van der Waals surface area (Å²) < 4.78 is 55.4. The van der Waals surface area contributed by atoms with Gasteiger partial charge in [0.25, 0.3) is 0 Å². The molecule has 1 aromatic rings. The first-order valence-electron chi connectivity index (χ1n) is 8.29. The van der Waals surface area contributed by atoms with Gasteiger partial charge in [-0.25, -0.2) is 4.39 Å². The van der Waals surface area contributed by atoms with Gasteiger partial charge in [-0.3, -0.25) is 4.79 Å². The largest absolute Gasteiger partial charge is 0.493 e. The van der Waals surface area contributed by atoms with E-state index in [9.17, 15) is 22.4 Å². The summed E-state index contributed by atoms with van der Waals surface area (Å²) in [6, 6.07) is 4.15. The fourth-order valence-electron chi connectivity index (χ4n) is 2.78. The predicted molar refractivity (Wildman–Crippen MR) is 86.6 cm³/mol. The number of alkyl halides is 3. The maximum absolute atomic E-state index is 13.7. The van der Waals surface area contributed by atoms with Crippen molar-refractivity contribution < 1.29 is 27.1 Å². The van der Waals surface area contributed by atoms with Crippen molar-refractivity contribution in [1.29, 1.82) is 0 Å². The van der Waals surface area contributed by atoms with E-state index >= 15 is 0 Å². The molecule has 0 spiro atoms. The molecule has 0 aromatic heterocycles. The van der Waals surface area contributed by atoms with E-state index < -0.39 is 17.9 Å². The Bertz CT molecular complexity index is 608. The Hall–Kier alpha value is -2.05. The van der Waals surface area contributed by atoms with E-state index in [-0.39, 0.29) is 6.54 Å². The number of hydrogen-bond donors (Lipinski definition) is 1. The maximum Gasteiger partial charge on any atom is 0.471 e. The van der Waals surface area contributed by atoms with Crippen LogP contribution in [0.15, 0.2) is 24.3 Å². The summed E-state index contributed by atoms with van der Waals surface area (Å²) in [6.45, 7) is 0.237. The number of carbonyl (C=O) groups is 1. The molecule has 138 valence electrons. The summed E-state index contributed by atoms with van der Waals surface area (Å²) in [5.41, 5.74) is 0.458. The molecule has 0 radical (unpaired) electrons. The van der Waals surface area contributed by atoms with Crippen molar-refractivity contribution in [3.05, 3.63) is 35.7 Å². The van der Waals surface area contributed by atoms with Gasteiger partial charge in [-0.1, -0.05) is 31.4 Å². The standard InChI is InChI=1S/C18H21F4NO2/c19-15-9-14(7-4-8-23-17(24)18(20,21)22)10-16(11-15)25-12-13-5-2-1-3-6-13/h4,7,9-11,13H,1-3,5-6,8,12H2,(H,23,24). The molecule has 0 saturated heterocycles. The lowest BCUT2D eigenvalue weighted by atomic mass is 9.90. The van der Waals surface area contributed by atoms with Gasteiger partial charge in [0.15, 0.2) is 0 Å². The molecule has 1 fully saturated rings. The highest BCUT2D eigenvalue weighted by Gasteiger charge is 2.37. The summed E-state index contributed by atoms with van der Waals surface area (Å²) in [4.78, 5) is 10.7. The van der Waals surface area contributed by atoms with Gasteiger partial charge in [-0.05, 0) is 36.5 Å². The molecule has 0 aliphatic heterocycles. The smallest absolute Gasteiger partial charge is 0.471 e. The summed E-state index contributed by atoms with van der Waals surface area (Å²) in [6.07, 6.45) is 3.70. The van der Waals surface area contributed by atoms with Crippen molar-refractivity contribution in [3.8, 4) is 5.75 Å². The minimum absolute atomic E-state index is 0.298. The Morgan fingerprint density at radius 1 is 1.20 bits per heavy atom. The normalized spacial score (nSPS) is 16.2. The number of carbonyl (C=O) groups excluding carboxylic acids is 1. The fraction of sp³-hybridized carbons (Fsp3) is 0.500. The molecule has 1 amide bonds. The SMILES string of the molecule is O=C(NCC=Cc1cc(F)cc(OCC2CCCCC2)c1)C(F)(F)F. The van der Waals surface area contributed by atoms with Gasteiger partial charge in [-0.15, -0.1) is 0 Å². The van der Waals surface area contributed by atoms with Gasteiger partial charge in [0.05, 0.1) is 6.61 Å². The van der Waals surface area contributed by atoms with Crippen molar-refractivity contribution in [2.75, 3.05) is 13.2 Å². The predicted octanol–water partition coefficient (Wildman–Crippen LogP) is 4.48. The molecule has 25 heavy (non-hydrogen) atoms. The molecule has 1 N–H and O–H groups in total. The molecular weight excluding hydrogens is 338 g/mol. The van der Waals surface area contributed by atoms with Crippen molar-refractivity contribution in [2.24, 2.45) is 5.92 Å². The molecule has 1 aliphatic rings. The molecular formula is C18H21F4NO2. The highest BCUT2D eigenvalue weighted by atomic mass is 19.4. The van der Waals surface area contributed by atoms with E-state index in [1.54, 1.807) is 11.4 Å². The van der Waals surface area contributed by atoms with E-state index in [2.05, 4.69) is 0 Å². The Kier molecular flexibility index (Phi) is 6.84. The Morgan fingerprint density at radius 3 is 2.60 bits per heavy atom. The zero-order valence-electron chi connectivity index (χ0n) is 13.7. The molecule has 0 bridgehead atoms. The molecule has 0 unspecified atom stereocenters. The van der Waals surface area contributed by atoms with Crippen LogP contribution in [-0.4, -0.2) is 25.2 Å². The van der Waals surface area contributed by atoms with Crippen molar-refractivity contribution in [3.63, 3.8) is 0 Å². The molecule has 0 atom stereocenters. The molecule has 1 aromatic carbocycles. The third-order valence-corrected chi connectivity index (χ3v) is 4.05. The highest BCUT2D eigenvalue weighted by molar-refractivity contribution is 5.81. The highest BCUT2D eigenvalue weighted by Crippen LogP contribution is 2.25. The number of amides is 1. The Balaban J connectivity index is 1.87. The van der Waals surface area contributed by atoms with Gasteiger partial charge in [0.1, 0.15) is 11.6 Å². The van der Waals surface area contributed by atoms with E-state index in [0.29, 0.717) is 23.8 Å². The molecule has 2 rings (SSSR count). The topological polar surface area (TPSA) is 38.3 Å². The van der Waals surface area contributed by atoms with Crippen LogP contribution >= 0.6 is 0 Å². The first kappa shape index (κ1) is 19.3. The zero-order valence-corrected chi connectivity index (χ0v) is 13.7. The van der Waals surface area contributed by atoms with Gasteiger partial charge >= 0.3 is 12.1 Å². The van der Waals surface area contributed by atoms with E-state index in [1.165, 1.54) is 43.5 Å². The third-order valence-electron chi connectivity index (χ3n) is 4.05. The van der Waals surface area contributed by atoms with Crippen LogP contribution in [0.3, 0.4) is 0 Å². The van der Waals surface area contributed by atoms with Gasteiger partial charge in [-0.2, -0.15) is 13.2 Å². The Morgan fingerprint density at radius 2 is 1.92 bits per heavy atom. The van der Waals surface area contributed by atoms with Crippen LogP contribution < -0.4 is 10.1 Å². The van der Waals surface area contributed by atoms with Crippen LogP contribution in [0.1, 0.15) is 37.7 Å². The summed E-state index contributed by atoms with van der Waals surface area (Å²) in [5, 5.41) is 1.71. The van der Waals surface area contributed by atoms with Crippen LogP contribution in [0.5, 0.6) is 5.75 Å². The lowest BCUT2D eigenvalue weighted by Gasteiger charge is -2.21. The van der Waals surface area contributed by atoms with Crippen LogP contribution in [0.4, 0.5) is 17.6 Å². The Labute approximate surface area is 144 Å². The number of halogens is 4. The quantitative estimate of drug-likeness (QED) is 0.761. The van der Waals surface area contributed by atoms with Gasteiger partial charge in [0.2, 0.25) is 0 Å². The number of nitrogens with one attached hydrogen (secondary N) is 1. The molecule has 1 aliphatic carbocycles. The van der Waals surface area contributed by atoms with E-state index in [0.717, 1.165) is 12.8 Å². The third kappa shape index (κ3) is 6.76. The number of benzene rings is 1. The monoisotopic (exact) mass is 359 g/mol. The second-order valence-electron chi connectivity index (χ2n) is 6.15. The fourth-order valence-corrected chi connectivity index (χ4v) is 2.78. The van der Waals surface area contributed by atoms with Crippen LogP contribution in [-0.2, 0) is 4.79 Å². The van der Waals surface area contributed by atoms with Crippen LogP contribution in [0.25, 0.3) is 6.08 Å². The van der Waals surface area contributed by atoms with Crippen molar-refractivity contribution in [1.82, 2.24) is 5.32 Å². The van der Waals surface area contributed by atoms with Crippen LogP contribution in [0, 0.1) is 11.7 Å². The van der Waals surface area contributed by atoms with Crippen molar-refractivity contribution >= 4 is 12.0 Å². The lowest BCUT2D eigenvalue weighted by molar-refractivity contribution is -0.173. The minimum Gasteiger partial charge on any atom is -0.493 e. The number of hydrogen-bond acceptors (Lipinski definition) is 2. The second-order valence-corrected chi connectivity index (χ2v) is 6.15. The minimum atomic E-state index is -4.91. The maximum atomic E-state index is 13.7. The summed E-state index contributed by atoms with van der Waals surface area (Å²) in [7, 11) is 0. The molecule has 7 heteroatoms. The first-order chi connectivity index (χ1) is 11.8. The molecule has 0 heterocycles. The van der Waals surface area contributed by atoms with Crippen molar-refractivity contribution in [2.45, 2.75) is 38.3 Å². The van der Waals surface area contributed by atoms with E-state index in [4.69, 9.17) is 4.74 Å². The van der Waals surface area contributed by atoms with E-state index in [1.807, 2.05) is 0 Å². The van der Waals surface area contributed by atoms with Gasteiger partial charge < -0.3 is 10.1 Å². The average molecular weight is 359 g/mol. The van der Waals surface area contributed by atoms with Crippen LogP contribution in [0.2, 0.25) is 0 Å². The zero-order chi connectivity index (χ0) is 18.3. The average Bonchev–Trinajstić information content (AvgIpc) is 2.56. The number of rotatable bonds is 6. The summed E-state index contributed by atoms with van der Waals surface area (Å²) in [5.74, 6) is -1.62. The summed E-state index contributed by atoms with van der Waals surface area (Å²) >= 11 is 0. The lowest BCUT2D eigenvalue weighted by Crippen LogP contribution is -2.36. The second kappa shape index (κ2) is 8.87. The van der Waals surface area contributed by atoms with Gasteiger partial charge in [0, 0.05) is 12.6 Å². The molecule has 1 saturated carbocycles. The molecule has 3 nitrogen and oxygen atoms in total. The first-order valence-corrected chi connectivity index (χ1v) is 8.29.